The fourth-order valence-electron chi connectivity index (χ4n) is 2.43. The van der Waals surface area contributed by atoms with Crippen LogP contribution in [0.25, 0.3) is 27.8 Å². The number of rotatable bonds is 1. The topological polar surface area (TPSA) is 50.2 Å². The lowest BCUT2D eigenvalue weighted by Gasteiger charge is -1.99. The Morgan fingerprint density at radius 2 is 1.65 bits per heavy atom. The van der Waals surface area contributed by atoms with Gasteiger partial charge in [-0.1, -0.05) is 42.5 Å². The van der Waals surface area contributed by atoms with Gasteiger partial charge in [0.15, 0.2) is 0 Å². The van der Waals surface area contributed by atoms with Gasteiger partial charge in [-0.25, -0.2) is 4.52 Å². The molecule has 0 atom stereocenters. The van der Waals surface area contributed by atoms with Crippen molar-refractivity contribution in [2.24, 2.45) is 0 Å². The summed E-state index contributed by atoms with van der Waals surface area (Å²) in [6.07, 6.45) is 0. The van der Waals surface area contributed by atoms with Crippen LogP contribution in [0.1, 0.15) is 0 Å². The number of hydrogen-bond donors (Lipinski definition) is 1. The van der Waals surface area contributed by atoms with E-state index in [4.69, 9.17) is 0 Å². The van der Waals surface area contributed by atoms with Gasteiger partial charge in [0.25, 0.3) is 5.56 Å². The number of aromatic nitrogens is 3. The third-order valence-electron chi connectivity index (χ3n) is 3.39. The van der Waals surface area contributed by atoms with Crippen LogP contribution in [0.3, 0.4) is 0 Å². The second kappa shape index (κ2) is 4.06. The first-order valence-corrected chi connectivity index (χ1v) is 6.39. The quantitative estimate of drug-likeness (QED) is 0.573. The summed E-state index contributed by atoms with van der Waals surface area (Å²) in [4.78, 5) is 15.0. The van der Waals surface area contributed by atoms with Crippen LogP contribution in [-0.2, 0) is 0 Å². The normalized spacial score (nSPS) is 11.2. The predicted octanol–water partition coefficient (Wildman–Crippen LogP) is 2.84. The van der Waals surface area contributed by atoms with Crippen LogP contribution in [0.2, 0.25) is 0 Å². The van der Waals surface area contributed by atoms with E-state index in [0.717, 1.165) is 22.3 Å². The molecule has 0 saturated heterocycles. The maximum Gasteiger partial charge on any atom is 0.274 e. The molecule has 20 heavy (non-hydrogen) atoms. The van der Waals surface area contributed by atoms with Gasteiger partial charge in [0.1, 0.15) is 5.52 Å². The summed E-state index contributed by atoms with van der Waals surface area (Å²) in [5.74, 6) is 0. The van der Waals surface area contributed by atoms with Crippen molar-refractivity contribution in [2.75, 3.05) is 0 Å². The molecule has 4 nitrogen and oxygen atoms in total. The molecule has 0 saturated carbocycles. The van der Waals surface area contributed by atoms with Crippen LogP contribution in [0, 0.1) is 0 Å². The molecule has 2 heterocycles. The van der Waals surface area contributed by atoms with E-state index in [9.17, 15) is 4.79 Å². The zero-order chi connectivity index (χ0) is 13.5. The van der Waals surface area contributed by atoms with Gasteiger partial charge < -0.3 is 4.98 Å². The molecule has 0 bridgehead atoms. The molecule has 0 unspecified atom stereocenters. The number of hydrogen-bond acceptors (Lipinski definition) is 2. The molecule has 0 radical (unpaired) electrons. The number of para-hydroxylation sites is 2. The van der Waals surface area contributed by atoms with Gasteiger partial charge in [-0.05, 0) is 18.2 Å². The van der Waals surface area contributed by atoms with E-state index in [1.54, 1.807) is 4.52 Å². The number of H-pyrrole nitrogens is 1. The Labute approximate surface area is 114 Å². The molecule has 96 valence electrons. The minimum absolute atomic E-state index is 0.126. The Balaban J connectivity index is 2.11. The molecule has 0 amide bonds. The fourth-order valence-corrected chi connectivity index (χ4v) is 2.43. The van der Waals surface area contributed by atoms with Crippen LogP contribution in [0.5, 0.6) is 0 Å². The van der Waals surface area contributed by atoms with Crippen LogP contribution >= 0.6 is 0 Å². The summed E-state index contributed by atoms with van der Waals surface area (Å²) >= 11 is 0. The maximum atomic E-state index is 12.1. The van der Waals surface area contributed by atoms with Gasteiger partial charge in [-0.15, -0.1) is 0 Å². The van der Waals surface area contributed by atoms with E-state index in [1.807, 2.05) is 60.7 Å². The first-order valence-electron chi connectivity index (χ1n) is 6.39. The van der Waals surface area contributed by atoms with Gasteiger partial charge in [0.2, 0.25) is 0 Å². The van der Waals surface area contributed by atoms with E-state index in [-0.39, 0.29) is 5.56 Å². The van der Waals surface area contributed by atoms with E-state index in [0.29, 0.717) is 5.52 Å². The highest BCUT2D eigenvalue weighted by Gasteiger charge is 2.09. The highest BCUT2D eigenvalue weighted by atomic mass is 16.1. The average molecular weight is 261 g/mol. The Morgan fingerprint density at radius 3 is 2.50 bits per heavy atom. The summed E-state index contributed by atoms with van der Waals surface area (Å²) in [6.45, 7) is 0. The van der Waals surface area contributed by atoms with Crippen LogP contribution in [0.4, 0.5) is 0 Å². The second-order valence-corrected chi connectivity index (χ2v) is 4.66. The minimum atomic E-state index is -0.126. The molecule has 0 spiro atoms. The Hall–Kier alpha value is -2.88. The molecule has 2 aromatic heterocycles. The van der Waals surface area contributed by atoms with E-state index in [1.165, 1.54) is 0 Å². The van der Waals surface area contributed by atoms with Crippen molar-refractivity contribution < 1.29 is 0 Å². The van der Waals surface area contributed by atoms with E-state index >= 15 is 0 Å². The first kappa shape index (κ1) is 11.0. The molecular weight excluding hydrogens is 250 g/mol. The van der Waals surface area contributed by atoms with Crippen molar-refractivity contribution in [1.29, 1.82) is 0 Å². The van der Waals surface area contributed by atoms with Gasteiger partial charge >= 0.3 is 0 Å². The largest absolute Gasteiger partial charge is 0.319 e. The summed E-state index contributed by atoms with van der Waals surface area (Å²) < 4.78 is 1.70. The Bertz CT molecular complexity index is 967. The molecule has 0 aliphatic heterocycles. The molecule has 0 aliphatic carbocycles. The van der Waals surface area contributed by atoms with Crippen molar-refractivity contribution in [3.63, 3.8) is 0 Å². The zero-order valence-corrected chi connectivity index (χ0v) is 10.6. The lowest BCUT2D eigenvalue weighted by Crippen LogP contribution is -2.10. The van der Waals surface area contributed by atoms with Gasteiger partial charge in [-0.2, -0.15) is 5.10 Å². The number of benzene rings is 2. The van der Waals surface area contributed by atoms with Crippen LogP contribution in [-0.4, -0.2) is 14.6 Å². The van der Waals surface area contributed by atoms with E-state index in [2.05, 4.69) is 10.1 Å². The molecule has 4 rings (SSSR count). The second-order valence-electron chi connectivity index (χ2n) is 4.66. The van der Waals surface area contributed by atoms with Crippen molar-refractivity contribution in [1.82, 2.24) is 14.6 Å². The summed E-state index contributed by atoms with van der Waals surface area (Å²) in [5, 5.41) is 4.57. The number of nitrogens with one attached hydrogen (secondary N) is 1. The molecule has 4 aromatic rings. The SMILES string of the molecule is O=c1[nH]c2ccccc2n2nc(-c3ccccc3)cc12. The standard InChI is InChI=1S/C16H11N3O/c20-16-15-10-13(11-6-2-1-3-7-11)18-19(15)14-9-5-4-8-12(14)17-16/h1-10H,(H,17,20). The summed E-state index contributed by atoms with van der Waals surface area (Å²) in [7, 11) is 0. The maximum absolute atomic E-state index is 12.1. The number of aromatic amines is 1. The fraction of sp³-hybridized carbons (Fsp3) is 0. The highest BCUT2D eigenvalue weighted by molar-refractivity contribution is 5.79. The van der Waals surface area contributed by atoms with Crippen molar-refractivity contribution in [2.45, 2.75) is 0 Å². The third-order valence-corrected chi connectivity index (χ3v) is 3.39. The van der Waals surface area contributed by atoms with Crippen molar-refractivity contribution in [3.05, 3.63) is 71.0 Å². The van der Waals surface area contributed by atoms with Crippen molar-refractivity contribution in [3.8, 4) is 11.3 Å². The van der Waals surface area contributed by atoms with Gasteiger partial charge in [-0.3, -0.25) is 4.79 Å². The van der Waals surface area contributed by atoms with Crippen molar-refractivity contribution >= 4 is 16.6 Å². The number of nitrogens with zero attached hydrogens (tertiary/aromatic N) is 2. The van der Waals surface area contributed by atoms with E-state index < -0.39 is 0 Å². The minimum Gasteiger partial charge on any atom is -0.319 e. The lowest BCUT2D eigenvalue weighted by molar-refractivity contribution is 0.991. The molecular formula is C16H11N3O. The smallest absolute Gasteiger partial charge is 0.274 e. The van der Waals surface area contributed by atoms with Crippen LogP contribution in [0.15, 0.2) is 65.5 Å². The molecule has 2 aromatic carbocycles. The molecule has 0 aliphatic rings. The Kier molecular flexibility index (Phi) is 2.23. The van der Waals surface area contributed by atoms with Gasteiger partial charge in [0.05, 0.1) is 16.7 Å². The summed E-state index contributed by atoms with van der Waals surface area (Å²) in [5.41, 5.74) is 3.91. The molecule has 0 fully saturated rings. The highest BCUT2D eigenvalue weighted by Crippen LogP contribution is 2.20. The average Bonchev–Trinajstić information content (AvgIpc) is 2.94. The zero-order valence-electron chi connectivity index (χ0n) is 10.6. The third kappa shape index (κ3) is 1.55. The van der Waals surface area contributed by atoms with Gasteiger partial charge in [0, 0.05) is 5.56 Å². The number of fused-ring (bicyclic) bond motifs is 3. The molecule has 4 heteroatoms. The monoisotopic (exact) mass is 261 g/mol. The first-order chi connectivity index (χ1) is 9.83. The lowest BCUT2D eigenvalue weighted by atomic mass is 10.1. The molecule has 1 N–H and O–H groups in total. The Morgan fingerprint density at radius 1 is 0.900 bits per heavy atom. The van der Waals surface area contributed by atoms with Crippen LogP contribution < -0.4 is 5.56 Å². The predicted molar refractivity (Wildman–Crippen MR) is 78.8 cm³/mol. The summed E-state index contributed by atoms with van der Waals surface area (Å²) in [6, 6.07) is 19.3.